The minimum Gasteiger partial charge on any atom is -0.493 e. The van der Waals surface area contributed by atoms with Crippen LogP contribution in [0.5, 0.6) is 11.5 Å². The van der Waals surface area contributed by atoms with Crippen molar-refractivity contribution < 1.29 is 14.2 Å². The van der Waals surface area contributed by atoms with Crippen LogP contribution in [-0.4, -0.2) is 53.5 Å². The van der Waals surface area contributed by atoms with Crippen LogP contribution in [0.1, 0.15) is 12.5 Å². The van der Waals surface area contributed by atoms with E-state index in [1.165, 1.54) is 5.56 Å². The highest BCUT2D eigenvalue weighted by atomic mass is 16.5. The van der Waals surface area contributed by atoms with Crippen molar-refractivity contribution in [2.24, 2.45) is 4.99 Å². The van der Waals surface area contributed by atoms with Crippen LogP contribution in [-0.2, 0) is 11.2 Å². The zero-order valence-electron chi connectivity index (χ0n) is 14.1. The zero-order valence-corrected chi connectivity index (χ0v) is 14.1. The van der Waals surface area contributed by atoms with Crippen LogP contribution in [0.3, 0.4) is 0 Å². The van der Waals surface area contributed by atoms with Crippen molar-refractivity contribution in [3.8, 4) is 11.5 Å². The normalized spacial score (nSPS) is 12.7. The summed E-state index contributed by atoms with van der Waals surface area (Å²) < 4.78 is 15.6. The Morgan fingerprint density at radius 1 is 1.18 bits per heavy atom. The summed E-state index contributed by atoms with van der Waals surface area (Å²) in [5.74, 6) is 2.26. The van der Waals surface area contributed by atoms with Crippen molar-refractivity contribution in [2.45, 2.75) is 19.4 Å². The summed E-state index contributed by atoms with van der Waals surface area (Å²) in [6.45, 7) is 3.45. The molecule has 1 rings (SSSR count). The van der Waals surface area contributed by atoms with E-state index >= 15 is 0 Å². The largest absolute Gasteiger partial charge is 0.493 e. The minimum absolute atomic E-state index is 0.206. The molecular formula is C16H27N3O3. The van der Waals surface area contributed by atoms with Crippen LogP contribution in [0.15, 0.2) is 23.2 Å². The molecule has 2 N–H and O–H groups in total. The van der Waals surface area contributed by atoms with Crippen LogP contribution >= 0.6 is 0 Å². The van der Waals surface area contributed by atoms with Crippen LogP contribution < -0.4 is 20.1 Å². The van der Waals surface area contributed by atoms with E-state index in [4.69, 9.17) is 14.2 Å². The van der Waals surface area contributed by atoms with E-state index < -0.39 is 0 Å². The van der Waals surface area contributed by atoms with E-state index in [9.17, 15) is 0 Å². The van der Waals surface area contributed by atoms with Gasteiger partial charge in [-0.3, -0.25) is 4.99 Å². The Bertz CT molecular complexity index is 478. The first kappa shape index (κ1) is 18.1. The number of hydrogen-bond donors (Lipinski definition) is 2. The van der Waals surface area contributed by atoms with E-state index in [1.54, 1.807) is 28.4 Å². The molecule has 0 heterocycles. The summed E-state index contributed by atoms with van der Waals surface area (Å²) in [7, 11) is 6.72. The number of nitrogens with zero attached hydrogens (tertiary/aromatic N) is 1. The van der Waals surface area contributed by atoms with Gasteiger partial charge in [-0.05, 0) is 31.0 Å². The van der Waals surface area contributed by atoms with Crippen molar-refractivity contribution in [1.82, 2.24) is 10.6 Å². The highest BCUT2D eigenvalue weighted by Gasteiger charge is 2.06. The lowest BCUT2D eigenvalue weighted by atomic mass is 10.1. The summed E-state index contributed by atoms with van der Waals surface area (Å²) in [6.07, 6.45) is 0.861. The number of methoxy groups -OCH3 is 3. The van der Waals surface area contributed by atoms with Crippen LogP contribution in [0.2, 0.25) is 0 Å². The van der Waals surface area contributed by atoms with Gasteiger partial charge in [0, 0.05) is 26.7 Å². The Kier molecular flexibility index (Phi) is 8.14. The first-order valence-corrected chi connectivity index (χ1v) is 7.31. The summed E-state index contributed by atoms with van der Waals surface area (Å²) in [5.41, 5.74) is 1.17. The maximum atomic E-state index is 5.31. The van der Waals surface area contributed by atoms with Crippen molar-refractivity contribution >= 4 is 5.96 Å². The van der Waals surface area contributed by atoms with Gasteiger partial charge < -0.3 is 24.8 Å². The lowest BCUT2D eigenvalue weighted by Gasteiger charge is -2.17. The Morgan fingerprint density at radius 2 is 1.91 bits per heavy atom. The molecule has 0 aliphatic rings. The molecule has 0 amide bonds. The lowest BCUT2D eigenvalue weighted by Crippen LogP contribution is -2.44. The lowest BCUT2D eigenvalue weighted by molar-refractivity contribution is 0.179. The summed E-state index contributed by atoms with van der Waals surface area (Å²) in [6, 6.07) is 6.15. The average Bonchev–Trinajstić information content (AvgIpc) is 2.53. The van der Waals surface area contributed by atoms with Gasteiger partial charge in [0.25, 0.3) is 0 Å². The maximum Gasteiger partial charge on any atom is 0.191 e. The predicted octanol–water partition coefficient (Wildman–Crippen LogP) is 1.45. The molecule has 0 aromatic heterocycles. The van der Waals surface area contributed by atoms with Crippen LogP contribution in [0.25, 0.3) is 0 Å². The third kappa shape index (κ3) is 5.81. The number of benzene rings is 1. The monoisotopic (exact) mass is 309 g/mol. The number of rotatable bonds is 8. The predicted molar refractivity (Wildman–Crippen MR) is 89.1 cm³/mol. The number of hydrogen-bond acceptors (Lipinski definition) is 4. The van der Waals surface area contributed by atoms with E-state index in [-0.39, 0.29) is 6.04 Å². The second-order valence-electron chi connectivity index (χ2n) is 4.94. The second kappa shape index (κ2) is 9.89. The first-order valence-electron chi connectivity index (χ1n) is 7.31. The molecule has 1 aromatic rings. The van der Waals surface area contributed by atoms with Gasteiger partial charge in [0.15, 0.2) is 17.5 Å². The van der Waals surface area contributed by atoms with E-state index in [0.29, 0.717) is 6.61 Å². The quantitative estimate of drug-likeness (QED) is 0.562. The molecule has 0 saturated heterocycles. The molecule has 0 saturated carbocycles. The molecule has 0 aliphatic heterocycles. The molecule has 6 heteroatoms. The number of guanidine groups is 1. The summed E-state index contributed by atoms with van der Waals surface area (Å²) in [4.78, 5) is 4.20. The SMILES string of the molecule is CN=C(NCCc1ccc(OC)c(OC)c1)NC(C)COC. The van der Waals surface area contributed by atoms with Gasteiger partial charge in [0.1, 0.15) is 0 Å². The summed E-state index contributed by atoms with van der Waals surface area (Å²) in [5, 5.41) is 6.55. The molecule has 0 bridgehead atoms. The highest BCUT2D eigenvalue weighted by Crippen LogP contribution is 2.27. The van der Waals surface area contributed by atoms with Gasteiger partial charge >= 0.3 is 0 Å². The maximum absolute atomic E-state index is 5.31. The summed E-state index contributed by atoms with van der Waals surface area (Å²) >= 11 is 0. The number of nitrogens with one attached hydrogen (secondary N) is 2. The molecule has 0 aliphatic carbocycles. The standard InChI is InChI=1S/C16H27N3O3/c1-12(11-20-3)19-16(17-2)18-9-8-13-6-7-14(21-4)15(10-13)22-5/h6-7,10,12H,8-9,11H2,1-5H3,(H2,17,18,19). The van der Waals surface area contributed by atoms with Crippen molar-refractivity contribution in [1.29, 1.82) is 0 Å². The fraction of sp³-hybridized carbons (Fsp3) is 0.562. The molecule has 1 aromatic carbocycles. The molecule has 0 spiro atoms. The van der Waals surface area contributed by atoms with Gasteiger partial charge in [-0.15, -0.1) is 0 Å². The van der Waals surface area contributed by atoms with Gasteiger partial charge in [-0.1, -0.05) is 6.07 Å². The molecule has 1 atom stereocenters. The first-order chi connectivity index (χ1) is 10.6. The molecule has 0 fully saturated rings. The fourth-order valence-corrected chi connectivity index (χ4v) is 2.08. The topological polar surface area (TPSA) is 64.1 Å². The third-order valence-corrected chi connectivity index (χ3v) is 3.18. The Labute approximate surface area is 132 Å². The Hall–Kier alpha value is -1.95. The van der Waals surface area contributed by atoms with Gasteiger partial charge in [-0.2, -0.15) is 0 Å². The highest BCUT2D eigenvalue weighted by molar-refractivity contribution is 5.79. The van der Waals surface area contributed by atoms with E-state index in [2.05, 4.69) is 15.6 Å². The number of ether oxygens (including phenoxy) is 3. The van der Waals surface area contributed by atoms with Crippen molar-refractivity contribution in [2.75, 3.05) is 41.5 Å². The Balaban J connectivity index is 2.49. The molecule has 6 nitrogen and oxygen atoms in total. The zero-order chi connectivity index (χ0) is 16.4. The average molecular weight is 309 g/mol. The van der Waals surface area contributed by atoms with Crippen molar-refractivity contribution in [3.63, 3.8) is 0 Å². The van der Waals surface area contributed by atoms with E-state index in [1.807, 2.05) is 25.1 Å². The second-order valence-corrected chi connectivity index (χ2v) is 4.94. The van der Waals surface area contributed by atoms with Crippen LogP contribution in [0.4, 0.5) is 0 Å². The van der Waals surface area contributed by atoms with E-state index in [0.717, 1.165) is 30.4 Å². The molecule has 124 valence electrons. The molecule has 0 radical (unpaired) electrons. The van der Waals surface area contributed by atoms with Gasteiger partial charge in [0.2, 0.25) is 0 Å². The number of aliphatic imine (C=N–C) groups is 1. The molecule has 1 unspecified atom stereocenters. The van der Waals surface area contributed by atoms with Crippen LogP contribution in [0, 0.1) is 0 Å². The van der Waals surface area contributed by atoms with Gasteiger partial charge in [0.05, 0.1) is 20.8 Å². The molecule has 22 heavy (non-hydrogen) atoms. The smallest absolute Gasteiger partial charge is 0.191 e. The minimum atomic E-state index is 0.206. The fourth-order valence-electron chi connectivity index (χ4n) is 2.08. The molecular weight excluding hydrogens is 282 g/mol. The third-order valence-electron chi connectivity index (χ3n) is 3.18. The van der Waals surface area contributed by atoms with Crippen molar-refractivity contribution in [3.05, 3.63) is 23.8 Å². The van der Waals surface area contributed by atoms with Gasteiger partial charge in [-0.25, -0.2) is 0 Å². The Morgan fingerprint density at radius 3 is 2.50 bits per heavy atom.